The van der Waals surface area contributed by atoms with Gasteiger partial charge in [0.1, 0.15) is 0 Å². The quantitative estimate of drug-likeness (QED) is 0.114. The van der Waals surface area contributed by atoms with Crippen LogP contribution in [-0.4, -0.2) is 0 Å². The molecule has 0 unspecified atom stereocenters. The molecular formula is C138H96N2. The Morgan fingerprint density at radius 2 is 0.371 bits per heavy atom. The summed E-state index contributed by atoms with van der Waals surface area (Å²) in [6.07, 6.45) is 0. The second-order valence-electron chi connectivity index (χ2n) is 39.6. The lowest BCUT2D eigenvalue weighted by Crippen LogP contribution is -2.26. The second kappa shape index (κ2) is 32.2. The zero-order chi connectivity index (χ0) is 93.1. The zero-order valence-electron chi connectivity index (χ0n) is 78.4. The van der Waals surface area contributed by atoms with Gasteiger partial charge in [0.05, 0.1) is 16.5 Å². The maximum absolute atomic E-state index is 2.53. The molecule has 0 bridgehead atoms. The average molecular weight is 1780 g/mol. The van der Waals surface area contributed by atoms with Crippen LogP contribution in [0.1, 0.15) is 94.5 Å². The molecule has 28 rings (SSSR count). The van der Waals surface area contributed by atoms with E-state index in [4.69, 9.17) is 0 Å². The Balaban J connectivity index is 0.000000141. The van der Waals surface area contributed by atoms with Crippen molar-refractivity contribution in [2.45, 2.75) is 49.4 Å². The van der Waals surface area contributed by atoms with Gasteiger partial charge >= 0.3 is 0 Å². The molecule has 0 atom stereocenters. The highest BCUT2D eigenvalue weighted by Gasteiger charge is 2.54. The van der Waals surface area contributed by atoms with E-state index in [2.05, 4.69) is 547 Å². The van der Waals surface area contributed by atoms with Gasteiger partial charge in [-0.25, -0.2) is 0 Å². The Labute approximate surface area is 819 Å². The molecule has 6 aliphatic carbocycles. The number of rotatable bonds is 13. The maximum atomic E-state index is 2.53. The van der Waals surface area contributed by atoms with Crippen molar-refractivity contribution in [2.24, 2.45) is 0 Å². The van der Waals surface area contributed by atoms with Gasteiger partial charge in [-0.1, -0.05) is 440 Å². The van der Waals surface area contributed by atoms with Crippen LogP contribution in [0, 0.1) is 0 Å². The molecule has 0 heterocycles. The molecule has 2 nitrogen and oxygen atoms in total. The van der Waals surface area contributed by atoms with Crippen LogP contribution < -0.4 is 9.80 Å². The highest BCUT2D eigenvalue weighted by Crippen LogP contribution is 2.67. The summed E-state index contributed by atoms with van der Waals surface area (Å²) < 4.78 is 0. The van der Waals surface area contributed by atoms with Crippen LogP contribution in [0.3, 0.4) is 0 Å². The smallest absolute Gasteiger partial charge is 0.0725 e. The summed E-state index contributed by atoms with van der Waals surface area (Å²) in [5.41, 5.74) is 54.4. The Morgan fingerprint density at radius 3 is 0.757 bits per heavy atom. The minimum absolute atomic E-state index is 0.134. The van der Waals surface area contributed by atoms with E-state index in [0.717, 1.165) is 34.1 Å². The normalized spacial score (nSPS) is 13.8. The molecule has 0 aromatic heterocycles. The van der Waals surface area contributed by atoms with E-state index >= 15 is 0 Å². The Hall–Kier alpha value is -17.3. The zero-order valence-corrected chi connectivity index (χ0v) is 78.4. The standard InChI is InChI=1S/C70H49N.C68H47N/c1-69(2)63-27-15-12-24-57(63)60-39-36-55(45-66(60)69)71(56-41-52(47-20-8-4-9-21-47)40-53(42-56)48-22-10-5-11-23-48)54-34-30-49(31-35-54)51-33-38-62-61-37-32-50(46-18-6-3-7-19-46)43-67(61)70(68(62)44-51)64-28-16-13-25-58(64)59-26-14-17-29-65(59)70;1-67(2)60-26-14-11-22-53(60)56-38-35-50(43-63(56)67)69(49-33-29-46(30-34-49)44-17-5-3-6-18-44)66-40-39-51(52-21-9-10-25-59(52)66)48-32-37-58-57-36-31-47(45-19-7-4-8-20-45)41-64(57)68(65(58)42-48)61-27-15-12-23-54(61)55-24-13-16-28-62(55)68/h3-45H,1-2H3;3-43H,1-2H3. The third-order valence-electron chi connectivity index (χ3n) is 31.6. The van der Waals surface area contributed by atoms with Crippen LogP contribution in [0.15, 0.2) is 510 Å². The minimum atomic E-state index is -0.474. The van der Waals surface area contributed by atoms with Gasteiger partial charge in [0, 0.05) is 44.7 Å². The lowest BCUT2D eigenvalue weighted by Gasteiger charge is -2.31. The number of fused-ring (bicyclic) bond motifs is 27. The van der Waals surface area contributed by atoms with Crippen molar-refractivity contribution in [2.75, 3.05) is 9.80 Å². The van der Waals surface area contributed by atoms with E-state index in [1.807, 2.05) is 0 Å². The van der Waals surface area contributed by atoms with Gasteiger partial charge in [-0.15, -0.1) is 0 Å². The van der Waals surface area contributed by atoms with E-state index in [9.17, 15) is 0 Å². The molecule has 2 spiro atoms. The molecule has 0 saturated heterocycles. The molecule has 0 N–H and O–H groups in total. The first kappa shape index (κ1) is 82.2. The fraction of sp³-hybridized carbons (Fsp3) is 0.0580. The molecule has 0 amide bonds. The first-order chi connectivity index (χ1) is 68.9. The van der Waals surface area contributed by atoms with E-state index in [1.54, 1.807) is 0 Å². The molecule has 22 aromatic carbocycles. The van der Waals surface area contributed by atoms with Crippen LogP contribution >= 0.6 is 0 Å². The first-order valence-corrected chi connectivity index (χ1v) is 49.2. The van der Waals surface area contributed by atoms with Crippen molar-refractivity contribution in [3.63, 3.8) is 0 Å². The van der Waals surface area contributed by atoms with E-state index in [-0.39, 0.29) is 10.8 Å². The van der Waals surface area contributed by atoms with Gasteiger partial charge in [0.25, 0.3) is 0 Å². The van der Waals surface area contributed by atoms with Crippen molar-refractivity contribution < 1.29 is 0 Å². The summed E-state index contributed by atoms with van der Waals surface area (Å²) in [4.78, 5) is 4.94. The van der Waals surface area contributed by atoms with Crippen molar-refractivity contribution in [1.29, 1.82) is 0 Å². The van der Waals surface area contributed by atoms with Gasteiger partial charge in [-0.3, -0.25) is 0 Å². The Morgan fingerprint density at radius 1 is 0.129 bits per heavy atom. The fourth-order valence-corrected chi connectivity index (χ4v) is 25.1. The summed E-state index contributed by atoms with van der Waals surface area (Å²) in [5.74, 6) is 0. The first-order valence-electron chi connectivity index (χ1n) is 49.2. The maximum Gasteiger partial charge on any atom is 0.0725 e. The van der Waals surface area contributed by atoms with Crippen molar-refractivity contribution in [1.82, 2.24) is 0 Å². The van der Waals surface area contributed by atoms with Crippen LogP contribution in [0.2, 0.25) is 0 Å². The van der Waals surface area contributed by atoms with Gasteiger partial charge in [0.2, 0.25) is 0 Å². The van der Waals surface area contributed by atoms with Gasteiger partial charge < -0.3 is 9.80 Å². The summed E-state index contributed by atoms with van der Waals surface area (Å²) in [5, 5.41) is 2.42. The van der Waals surface area contributed by atoms with Crippen molar-refractivity contribution in [3.8, 4) is 145 Å². The summed E-state index contributed by atoms with van der Waals surface area (Å²) in [6, 6.07) is 190. The van der Waals surface area contributed by atoms with Gasteiger partial charge in [-0.2, -0.15) is 0 Å². The molecule has 22 aromatic rings. The monoisotopic (exact) mass is 1780 g/mol. The number of anilines is 6. The molecule has 2 heteroatoms. The van der Waals surface area contributed by atoms with Crippen LogP contribution in [0.5, 0.6) is 0 Å². The SMILES string of the molecule is CC1(C)c2ccccc2-c2ccc(N(c3ccc(-c4ccc5c(c4)C4(c6ccccc6-c6ccccc64)c4cc(-c6ccccc6)ccc4-5)cc3)c3cc(-c4ccccc4)cc(-c4ccccc4)c3)cc21.CC1(C)c2ccccc2-c2ccc(N(c3ccc(-c4ccccc4)cc3)c3ccc(-c4ccc5c(c4)C4(c6ccccc6-c6ccccc64)c4cc(-c6ccccc6)ccc4-5)c4ccccc34)cc21. The molecule has 0 saturated carbocycles. The lowest BCUT2D eigenvalue weighted by atomic mass is 9.70. The van der Waals surface area contributed by atoms with E-state index in [0.29, 0.717) is 0 Å². The fourth-order valence-electron chi connectivity index (χ4n) is 25.1. The predicted molar refractivity (Wildman–Crippen MR) is 586 cm³/mol. The number of benzene rings is 22. The number of hydrogen-bond donors (Lipinski definition) is 0. The highest BCUT2D eigenvalue weighted by atomic mass is 15.1. The van der Waals surface area contributed by atoms with Crippen molar-refractivity contribution in [3.05, 3.63) is 576 Å². The van der Waals surface area contributed by atoms with Crippen molar-refractivity contribution >= 4 is 44.9 Å². The van der Waals surface area contributed by atoms with Crippen LogP contribution in [0.4, 0.5) is 34.1 Å². The molecule has 0 radical (unpaired) electrons. The van der Waals surface area contributed by atoms with Gasteiger partial charge in [-0.05, 0) is 314 Å². The molecule has 0 aliphatic heterocycles. The molecule has 6 aliphatic rings. The van der Waals surface area contributed by atoms with E-state index < -0.39 is 10.8 Å². The summed E-state index contributed by atoms with van der Waals surface area (Å²) >= 11 is 0. The molecule has 140 heavy (non-hydrogen) atoms. The minimum Gasteiger partial charge on any atom is -0.310 e. The summed E-state index contributed by atoms with van der Waals surface area (Å²) in [6.45, 7) is 9.48. The van der Waals surface area contributed by atoms with Crippen LogP contribution in [-0.2, 0) is 21.7 Å². The van der Waals surface area contributed by atoms with Crippen LogP contribution in [0.25, 0.3) is 155 Å². The third kappa shape index (κ3) is 12.6. The summed E-state index contributed by atoms with van der Waals surface area (Å²) in [7, 11) is 0. The largest absolute Gasteiger partial charge is 0.310 e. The predicted octanol–water partition coefficient (Wildman–Crippen LogP) is 36.4. The Kier molecular flexibility index (Phi) is 18.9. The number of nitrogens with zero attached hydrogens (tertiary/aromatic N) is 2. The van der Waals surface area contributed by atoms with E-state index in [1.165, 1.54) is 222 Å². The molecule has 658 valence electrons. The topological polar surface area (TPSA) is 6.48 Å². The third-order valence-corrected chi connectivity index (χ3v) is 31.6. The second-order valence-corrected chi connectivity index (χ2v) is 39.6. The highest BCUT2D eigenvalue weighted by molar-refractivity contribution is 6.08. The molecular weight excluding hydrogens is 1690 g/mol. The average Bonchev–Trinajstić information content (AvgIpc) is 1.51. The van der Waals surface area contributed by atoms with Gasteiger partial charge in [0.15, 0.2) is 0 Å². The molecule has 0 fully saturated rings. The Bertz CT molecular complexity index is 8620. The lowest BCUT2D eigenvalue weighted by molar-refractivity contribution is 0.660. The number of hydrogen-bond acceptors (Lipinski definition) is 2.